The summed E-state index contributed by atoms with van der Waals surface area (Å²) in [6, 6.07) is 0. The monoisotopic (exact) mass is 409 g/mol. The van der Waals surface area contributed by atoms with Gasteiger partial charge in [0.15, 0.2) is 5.16 Å². The maximum atomic E-state index is 6.02. The highest BCUT2D eigenvalue weighted by molar-refractivity contribution is 7.99. The van der Waals surface area contributed by atoms with Gasteiger partial charge in [-0.05, 0) is 25.2 Å². The number of quaternary nitrogens is 1. The predicted octanol–water partition coefficient (Wildman–Crippen LogP) is 1.98. The van der Waals surface area contributed by atoms with E-state index in [0.717, 1.165) is 67.4 Å². The normalized spacial score (nSPS) is 20.0. The van der Waals surface area contributed by atoms with E-state index in [1.807, 2.05) is 0 Å². The quantitative estimate of drug-likeness (QED) is 0.562. The van der Waals surface area contributed by atoms with Crippen LogP contribution in [0.15, 0.2) is 5.16 Å². The minimum absolute atomic E-state index is 0.132. The summed E-state index contributed by atoms with van der Waals surface area (Å²) in [5.74, 6) is 1.98. The zero-order valence-electron chi connectivity index (χ0n) is 16.4. The first-order chi connectivity index (χ1) is 13.1. The lowest BCUT2D eigenvalue weighted by Gasteiger charge is -2.30. The number of thioether (sulfide) groups is 1. The molecule has 2 aliphatic heterocycles. The Morgan fingerprint density at radius 1 is 1.26 bits per heavy atom. The molecule has 1 saturated heterocycles. The Hall–Kier alpha value is -0.930. The molecule has 2 aromatic rings. The zero-order valence-corrected chi connectivity index (χ0v) is 18.0. The molecule has 0 spiro atoms. The number of ether oxygens (including phenoxy) is 2. The molecule has 0 saturated carbocycles. The molecule has 0 amide bonds. The van der Waals surface area contributed by atoms with Gasteiger partial charge in [-0.25, -0.2) is 9.97 Å². The lowest BCUT2D eigenvalue weighted by atomic mass is 9.94. The number of thiophene rings is 1. The van der Waals surface area contributed by atoms with E-state index in [4.69, 9.17) is 19.4 Å². The molecule has 2 aliphatic rings. The van der Waals surface area contributed by atoms with Crippen LogP contribution in [0.4, 0.5) is 5.82 Å². The van der Waals surface area contributed by atoms with Crippen molar-refractivity contribution in [1.82, 2.24) is 9.97 Å². The minimum atomic E-state index is -0.132. The number of anilines is 1. The molecule has 2 aromatic heterocycles. The zero-order chi connectivity index (χ0) is 18.9. The highest BCUT2D eigenvalue weighted by Gasteiger charge is 2.31. The summed E-state index contributed by atoms with van der Waals surface area (Å²) in [5.41, 5.74) is 1.24. The molecule has 6 nitrogen and oxygen atoms in total. The molecule has 1 fully saturated rings. The average Bonchev–Trinajstić information content (AvgIpc) is 2.99. The molecule has 0 unspecified atom stereocenters. The fourth-order valence-electron chi connectivity index (χ4n) is 3.71. The maximum Gasteiger partial charge on any atom is 0.190 e. The molecular formula is C19H29N4O2S2+. The Balaban J connectivity index is 1.61. The van der Waals surface area contributed by atoms with Crippen molar-refractivity contribution in [3.63, 3.8) is 0 Å². The number of nitrogens with one attached hydrogen (secondary N) is 2. The van der Waals surface area contributed by atoms with Crippen LogP contribution >= 0.6 is 23.1 Å². The molecule has 8 heteroatoms. The summed E-state index contributed by atoms with van der Waals surface area (Å²) in [4.78, 5) is 13.7. The second kappa shape index (κ2) is 8.21. The van der Waals surface area contributed by atoms with Crippen LogP contribution in [-0.4, -0.2) is 60.7 Å². The summed E-state index contributed by atoms with van der Waals surface area (Å²) < 4.78 is 11.5. The summed E-state index contributed by atoms with van der Waals surface area (Å²) in [6.45, 7) is 13.1. The second-order valence-corrected chi connectivity index (χ2v) is 10.1. The number of morpholine rings is 1. The summed E-state index contributed by atoms with van der Waals surface area (Å²) in [5, 5.41) is 5.71. The third-order valence-corrected chi connectivity index (χ3v) is 6.98. The van der Waals surface area contributed by atoms with E-state index in [2.05, 4.69) is 26.1 Å². The lowest BCUT2D eigenvalue weighted by Crippen LogP contribution is -3.14. The molecule has 0 atom stereocenters. The van der Waals surface area contributed by atoms with Crippen LogP contribution in [0.25, 0.3) is 10.2 Å². The summed E-state index contributed by atoms with van der Waals surface area (Å²) in [7, 11) is 0. The molecule has 0 aliphatic carbocycles. The first-order valence-corrected chi connectivity index (χ1v) is 11.6. The molecule has 4 heterocycles. The van der Waals surface area contributed by atoms with E-state index in [-0.39, 0.29) is 5.60 Å². The van der Waals surface area contributed by atoms with Gasteiger partial charge in [-0.2, -0.15) is 0 Å². The van der Waals surface area contributed by atoms with Gasteiger partial charge in [-0.3, -0.25) is 0 Å². The predicted molar refractivity (Wildman–Crippen MR) is 111 cm³/mol. The van der Waals surface area contributed by atoms with Crippen LogP contribution in [-0.2, 0) is 22.5 Å². The van der Waals surface area contributed by atoms with Gasteiger partial charge in [0.05, 0.1) is 43.9 Å². The lowest BCUT2D eigenvalue weighted by molar-refractivity contribution is -0.906. The van der Waals surface area contributed by atoms with E-state index < -0.39 is 0 Å². The average molecular weight is 410 g/mol. The van der Waals surface area contributed by atoms with Crippen molar-refractivity contribution < 1.29 is 14.4 Å². The Morgan fingerprint density at radius 2 is 2.07 bits per heavy atom. The minimum Gasteiger partial charge on any atom is -0.370 e. The number of hydrogen-bond donors (Lipinski definition) is 2. The van der Waals surface area contributed by atoms with Gasteiger partial charge in [0.1, 0.15) is 23.7 Å². The van der Waals surface area contributed by atoms with Crippen LogP contribution in [0, 0.1) is 0 Å². The topological polar surface area (TPSA) is 60.7 Å². The largest absolute Gasteiger partial charge is 0.370 e. The van der Waals surface area contributed by atoms with Gasteiger partial charge in [0, 0.05) is 11.3 Å². The summed E-state index contributed by atoms with van der Waals surface area (Å²) >= 11 is 3.47. The molecule has 2 N–H and O–H groups in total. The van der Waals surface area contributed by atoms with Crippen LogP contribution in [0.2, 0.25) is 0 Å². The van der Waals surface area contributed by atoms with Crippen molar-refractivity contribution in [2.45, 2.75) is 44.6 Å². The highest BCUT2D eigenvalue weighted by Crippen LogP contribution is 2.41. The highest BCUT2D eigenvalue weighted by atomic mass is 32.2. The van der Waals surface area contributed by atoms with E-state index in [1.165, 1.54) is 15.8 Å². The molecule has 27 heavy (non-hydrogen) atoms. The molecule has 4 rings (SSSR count). The van der Waals surface area contributed by atoms with Crippen LogP contribution < -0.4 is 10.2 Å². The molecule has 0 bridgehead atoms. The Morgan fingerprint density at radius 3 is 2.85 bits per heavy atom. The second-order valence-electron chi connectivity index (χ2n) is 7.74. The Labute approximate surface area is 169 Å². The van der Waals surface area contributed by atoms with Crippen LogP contribution in [0.5, 0.6) is 0 Å². The maximum absolute atomic E-state index is 6.02. The van der Waals surface area contributed by atoms with Crippen molar-refractivity contribution in [3.05, 3.63) is 10.4 Å². The summed E-state index contributed by atoms with van der Waals surface area (Å²) in [6.07, 6.45) is 0.912. The molecule has 148 valence electrons. The van der Waals surface area contributed by atoms with E-state index >= 15 is 0 Å². The van der Waals surface area contributed by atoms with Gasteiger partial charge in [-0.1, -0.05) is 18.7 Å². The molecular weight excluding hydrogens is 380 g/mol. The van der Waals surface area contributed by atoms with Gasteiger partial charge in [-0.15, -0.1) is 11.3 Å². The fraction of sp³-hybridized carbons (Fsp3) is 0.684. The van der Waals surface area contributed by atoms with Crippen molar-refractivity contribution in [2.24, 2.45) is 0 Å². The number of nitrogens with zero attached hydrogens (tertiary/aromatic N) is 2. The SMILES string of the molecule is CCSc1nc(NCC[NH+]2CCOCC2)c2c3c(sc2n1)COC(C)(C)C3. The fourth-order valence-corrected chi connectivity index (χ4v) is 5.45. The molecule has 0 radical (unpaired) electrons. The smallest absolute Gasteiger partial charge is 0.190 e. The number of hydrogen-bond acceptors (Lipinski definition) is 7. The van der Waals surface area contributed by atoms with Crippen LogP contribution in [0.1, 0.15) is 31.2 Å². The third-order valence-electron chi connectivity index (χ3n) is 5.15. The first kappa shape index (κ1) is 19.4. The van der Waals surface area contributed by atoms with Crippen molar-refractivity contribution in [3.8, 4) is 0 Å². The van der Waals surface area contributed by atoms with Crippen molar-refractivity contribution in [1.29, 1.82) is 0 Å². The molecule has 0 aromatic carbocycles. The van der Waals surface area contributed by atoms with Gasteiger partial charge >= 0.3 is 0 Å². The van der Waals surface area contributed by atoms with E-state index in [9.17, 15) is 0 Å². The van der Waals surface area contributed by atoms with Crippen molar-refractivity contribution >= 4 is 39.1 Å². The van der Waals surface area contributed by atoms with Gasteiger partial charge in [0.2, 0.25) is 0 Å². The van der Waals surface area contributed by atoms with E-state index in [0.29, 0.717) is 6.61 Å². The van der Waals surface area contributed by atoms with Crippen molar-refractivity contribution in [2.75, 3.05) is 50.5 Å². The number of fused-ring (bicyclic) bond motifs is 3. The third kappa shape index (κ3) is 4.40. The first-order valence-electron chi connectivity index (χ1n) is 9.80. The Bertz CT molecular complexity index is 803. The number of aromatic nitrogens is 2. The van der Waals surface area contributed by atoms with Gasteiger partial charge < -0.3 is 19.7 Å². The van der Waals surface area contributed by atoms with Gasteiger partial charge in [0.25, 0.3) is 0 Å². The van der Waals surface area contributed by atoms with E-state index in [1.54, 1.807) is 28.0 Å². The standard InChI is InChI=1S/C19H28N4O2S2/c1-4-26-18-21-16(20-5-6-23-7-9-24-10-8-23)15-13-11-19(2,3)25-12-14(13)27-17(15)22-18/h4-12H2,1-3H3,(H,20,21,22)/p+1. The number of rotatable bonds is 6. The van der Waals surface area contributed by atoms with Crippen LogP contribution in [0.3, 0.4) is 0 Å². The Kier molecular flexibility index (Phi) is 5.89.